The van der Waals surface area contributed by atoms with Gasteiger partial charge in [0.1, 0.15) is 11.2 Å². The van der Waals surface area contributed by atoms with Gasteiger partial charge < -0.3 is 5.32 Å². The number of hydrogen-bond acceptors (Lipinski definition) is 4. The SMILES string of the molecule is N#Cc1ncc(Cl)cc1NC(=O)/C=C/c1ccc2c(Cl)[nH]nc2c1. The highest BCUT2D eigenvalue weighted by Crippen LogP contribution is 2.22. The van der Waals surface area contributed by atoms with Crippen LogP contribution in [0.25, 0.3) is 17.0 Å². The summed E-state index contributed by atoms with van der Waals surface area (Å²) < 4.78 is 0. The molecule has 2 N–H and O–H groups in total. The zero-order valence-electron chi connectivity index (χ0n) is 12.0. The second-order valence-corrected chi connectivity index (χ2v) is 5.61. The summed E-state index contributed by atoms with van der Waals surface area (Å²) in [5.74, 6) is -0.407. The molecule has 0 bridgehead atoms. The number of hydrogen-bond donors (Lipinski definition) is 2. The smallest absolute Gasteiger partial charge is 0.248 e. The number of nitrogens with zero attached hydrogens (tertiary/aromatic N) is 3. The Kier molecular flexibility index (Phi) is 4.47. The van der Waals surface area contributed by atoms with Crippen LogP contribution in [0.3, 0.4) is 0 Å². The van der Waals surface area contributed by atoms with Crippen molar-refractivity contribution in [3.8, 4) is 6.07 Å². The molecule has 0 atom stereocenters. The van der Waals surface area contributed by atoms with Crippen molar-refractivity contribution in [3.63, 3.8) is 0 Å². The van der Waals surface area contributed by atoms with Gasteiger partial charge in [0.2, 0.25) is 5.91 Å². The van der Waals surface area contributed by atoms with E-state index in [2.05, 4.69) is 20.5 Å². The molecule has 0 fully saturated rings. The van der Waals surface area contributed by atoms with Crippen molar-refractivity contribution in [1.29, 1.82) is 5.26 Å². The van der Waals surface area contributed by atoms with Crippen LogP contribution >= 0.6 is 23.2 Å². The fraction of sp³-hybridized carbons (Fsp3) is 0. The molecule has 1 aromatic carbocycles. The highest BCUT2D eigenvalue weighted by molar-refractivity contribution is 6.34. The topological polar surface area (TPSA) is 94.5 Å². The summed E-state index contributed by atoms with van der Waals surface area (Å²) in [6, 6.07) is 8.78. The summed E-state index contributed by atoms with van der Waals surface area (Å²) >= 11 is 11.8. The van der Waals surface area contributed by atoms with Crippen LogP contribution < -0.4 is 5.32 Å². The lowest BCUT2D eigenvalue weighted by molar-refractivity contribution is -0.111. The lowest BCUT2D eigenvalue weighted by atomic mass is 10.1. The number of aromatic nitrogens is 3. The van der Waals surface area contributed by atoms with Gasteiger partial charge in [0.15, 0.2) is 5.69 Å². The zero-order chi connectivity index (χ0) is 17.1. The van der Waals surface area contributed by atoms with E-state index in [1.54, 1.807) is 12.1 Å². The largest absolute Gasteiger partial charge is 0.320 e. The number of carbonyl (C=O) groups excluding carboxylic acids is 1. The van der Waals surface area contributed by atoms with Crippen molar-refractivity contribution in [2.45, 2.75) is 0 Å². The van der Waals surface area contributed by atoms with Gasteiger partial charge in [-0.2, -0.15) is 10.4 Å². The molecule has 1 amide bonds. The van der Waals surface area contributed by atoms with Gasteiger partial charge in [-0.25, -0.2) is 4.98 Å². The van der Waals surface area contributed by atoms with E-state index in [-0.39, 0.29) is 11.4 Å². The van der Waals surface area contributed by atoms with Crippen LogP contribution in [0.1, 0.15) is 11.3 Å². The third kappa shape index (κ3) is 3.38. The average molecular weight is 358 g/mol. The minimum atomic E-state index is -0.407. The minimum Gasteiger partial charge on any atom is -0.320 e. The van der Waals surface area contributed by atoms with Gasteiger partial charge in [-0.15, -0.1) is 0 Å². The molecule has 6 nitrogen and oxygen atoms in total. The number of fused-ring (bicyclic) bond motifs is 1. The van der Waals surface area contributed by atoms with Gasteiger partial charge in [0.25, 0.3) is 0 Å². The number of halogens is 2. The molecule has 3 aromatic rings. The molecular formula is C16H9Cl2N5O. The predicted molar refractivity (Wildman–Crippen MR) is 92.7 cm³/mol. The van der Waals surface area contributed by atoms with Crippen LogP contribution in [0.4, 0.5) is 5.69 Å². The van der Waals surface area contributed by atoms with Crippen LogP contribution in [-0.2, 0) is 4.79 Å². The number of benzene rings is 1. The number of aromatic amines is 1. The van der Waals surface area contributed by atoms with Crippen molar-refractivity contribution >= 4 is 51.8 Å². The maximum atomic E-state index is 12.0. The molecule has 8 heteroatoms. The number of anilines is 1. The normalized spacial score (nSPS) is 10.9. The Morgan fingerprint density at radius 3 is 2.96 bits per heavy atom. The summed E-state index contributed by atoms with van der Waals surface area (Å²) in [6.45, 7) is 0. The molecule has 24 heavy (non-hydrogen) atoms. The molecule has 0 saturated heterocycles. The zero-order valence-corrected chi connectivity index (χ0v) is 13.6. The molecule has 2 heterocycles. The molecule has 0 aliphatic rings. The van der Waals surface area contributed by atoms with Gasteiger partial charge >= 0.3 is 0 Å². The number of pyridine rings is 1. The van der Waals surface area contributed by atoms with Crippen molar-refractivity contribution in [2.24, 2.45) is 0 Å². The minimum absolute atomic E-state index is 0.0914. The Balaban J connectivity index is 1.77. The third-order valence-electron chi connectivity index (χ3n) is 3.18. The Hall–Kier alpha value is -2.88. The molecule has 118 valence electrons. The van der Waals surface area contributed by atoms with Crippen LogP contribution in [0.15, 0.2) is 36.5 Å². The highest BCUT2D eigenvalue weighted by Gasteiger charge is 2.07. The number of amides is 1. The maximum absolute atomic E-state index is 12.0. The van der Waals surface area contributed by atoms with E-state index in [1.165, 1.54) is 18.3 Å². The summed E-state index contributed by atoms with van der Waals surface area (Å²) in [5.41, 5.74) is 1.84. The summed E-state index contributed by atoms with van der Waals surface area (Å²) in [7, 11) is 0. The van der Waals surface area contributed by atoms with Crippen molar-refractivity contribution < 1.29 is 4.79 Å². The summed E-state index contributed by atoms with van der Waals surface area (Å²) in [5, 5.41) is 19.9. The molecule has 0 radical (unpaired) electrons. The standard InChI is InChI=1S/C16H9Cl2N5O/c17-10-6-13(14(7-19)20-8-10)21-15(24)4-2-9-1-3-11-12(5-9)22-23-16(11)18/h1-6,8H,(H,21,24)(H,22,23)/b4-2+. The van der Waals surface area contributed by atoms with Crippen LogP contribution in [0.5, 0.6) is 0 Å². The van der Waals surface area contributed by atoms with E-state index in [4.69, 9.17) is 28.5 Å². The van der Waals surface area contributed by atoms with Gasteiger partial charge in [0.05, 0.1) is 16.2 Å². The van der Waals surface area contributed by atoms with E-state index in [0.29, 0.717) is 15.7 Å². The number of nitriles is 1. The number of carbonyl (C=O) groups is 1. The molecule has 0 unspecified atom stereocenters. The lowest BCUT2D eigenvalue weighted by Crippen LogP contribution is -2.09. The van der Waals surface area contributed by atoms with Crippen LogP contribution in [-0.4, -0.2) is 21.1 Å². The van der Waals surface area contributed by atoms with Gasteiger partial charge in [0, 0.05) is 17.7 Å². The summed E-state index contributed by atoms with van der Waals surface area (Å²) in [4.78, 5) is 15.9. The monoisotopic (exact) mass is 357 g/mol. The van der Waals surface area contributed by atoms with Crippen LogP contribution in [0, 0.1) is 11.3 Å². The molecule has 0 spiro atoms. The lowest BCUT2D eigenvalue weighted by Gasteiger charge is -2.04. The fourth-order valence-corrected chi connectivity index (χ4v) is 2.43. The number of nitrogens with one attached hydrogen (secondary N) is 2. The first-order chi connectivity index (χ1) is 11.6. The molecule has 0 aliphatic carbocycles. The number of rotatable bonds is 3. The maximum Gasteiger partial charge on any atom is 0.248 e. The number of H-pyrrole nitrogens is 1. The van der Waals surface area contributed by atoms with Crippen molar-refractivity contribution in [3.05, 3.63) is 58.0 Å². The van der Waals surface area contributed by atoms with Crippen LogP contribution in [0.2, 0.25) is 10.2 Å². The molecule has 0 aliphatic heterocycles. The molecule has 3 rings (SSSR count). The fourth-order valence-electron chi connectivity index (χ4n) is 2.07. The Morgan fingerprint density at radius 2 is 2.17 bits per heavy atom. The van der Waals surface area contributed by atoms with E-state index in [1.807, 2.05) is 18.2 Å². The molecule has 2 aromatic heterocycles. The summed E-state index contributed by atoms with van der Waals surface area (Å²) in [6.07, 6.45) is 4.31. The predicted octanol–water partition coefficient (Wildman–Crippen LogP) is 3.79. The Labute approximate surface area is 146 Å². The van der Waals surface area contributed by atoms with E-state index in [9.17, 15) is 4.79 Å². The van der Waals surface area contributed by atoms with Gasteiger partial charge in [-0.1, -0.05) is 29.3 Å². The first kappa shape index (κ1) is 16.0. The highest BCUT2D eigenvalue weighted by atomic mass is 35.5. The quantitative estimate of drug-likeness (QED) is 0.697. The van der Waals surface area contributed by atoms with Gasteiger partial charge in [-0.05, 0) is 29.8 Å². The van der Waals surface area contributed by atoms with Crippen molar-refractivity contribution in [2.75, 3.05) is 5.32 Å². The first-order valence-corrected chi connectivity index (χ1v) is 7.51. The van der Waals surface area contributed by atoms with E-state index < -0.39 is 5.91 Å². The average Bonchev–Trinajstić information content (AvgIpc) is 2.94. The van der Waals surface area contributed by atoms with E-state index >= 15 is 0 Å². The second-order valence-electron chi connectivity index (χ2n) is 4.80. The Bertz CT molecular complexity index is 1000. The second kappa shape index (κ2) is 6.71. The van der Waals surface area contributed by atoms with Crippen molar-refractivity contribution in [1.82, 2.24) is 15.2 Å². The molecule has 0 saturated carbocycles. The van der Waals surface area contributed by atoms with Gasteiger partial charge in [-0.3, -0.25) is 9.89 Å². The molecular weight excluding hydrogens is 349 g/mol. The van der Waals surface area contributed by atoms with E-state index in [0.717, 1.165) is 10.9 Å². The third-order valence-corrected chi connectivity index (χ3v) is 3.67. The Morgan fingerprint density at radius 1 is 1.33 bits per heavy atom. The first-order valence-electron chi connectivity index (χ1n) is 6.75.